The maximum atomic E-state index is 13.8. The molecule has 0 spiro atoms. The summed E-state index contributed by atoms with van der Waals surface area (Å²) in [5.74, 6) is -1.06. The van der Waals surface area contributed by atoms with Gasteiger partial charge in [-0.05, 0) is 51.1 Å². The number of fused-ring (bicyclic) bond motifs is 1. The van der Waals surface area contributed by atoms with E-state index in [0.717, 1.165) is 0 Å². The second-order valence-corrected chi connectivity index (χ2v) is 20.6. The van der Waals surface area contributed by atoms with E-state index in [1.54, 1.807) is 0 Å². The molecule has 0 N–H and O–H groups in total. The molecule has 2 fully saturated rings. The highest BCUT2D eigenvalue weighted by atomic mass is 28.4. The second-order valence-electron chi connectivity index (χ2n) is 11.7. The number of methoxy groups -OCH3 is 1. The molecule has 0 aliphatic heterocycles. The number of hydrogen-bond acceptors (Lipinski definition) is 6. The van der Waals surface area contributed by atoms with Crippen molar-refractivity contribution in [1.82, 2.24) is 0 Å². The van der Waals surface area contributed by atoms with Crippen LogP contribution in [0.4, 0.5) is 0 Å². The number of Topliss-reactive ketones (excluding diaryl/α,β-unsaturated/α-hetero) is 2. The molecule has 172 valence electrons. The van der Waals surface area contributed by atoms with Gasteiger partial charge in [0.2, 0.25) is 0 Å². The van der Waals surface area contributed by atoms with E-state index in [1.807, 2.05) is 33.5 Å². The van der Waals surface area contributed by atoms with Crippen LogP contribution >= 0.6 is 0 Å². The Morgan fingerprint density at radius 3 is 2.00 bits per heavy atom. The SMILES string of the molecule is COC(=O)CC1C(=O)C(O[Si](C)(C)C)C(O[Si](C)(C)C)C2C(C)(C)C(=O)CCC12C. The summed E-state index contributed by atoms with van der Waals surface area (Å²) in [6.07, 6.45) is -0.268. The summed E-state index contributed by atoms with van der Waals surface area (Å²) >= 11 is 0. The fraction of sp³-hybridized carbons (Fsp3) is 0.864. The molecule has 0 amide bonds. The summed E-state index contributed by atoms with van der Waals surface area (Å²) in [4.78, 5) is 39.1. The molecule has 2 rings (SSSR count). The Morgan fingerprint density at radius 2 is 1.53 bits per heavy atom. The minimum atomic E-state index is -2.11. The van der Waals surface area contributed by atoms with Gasteiger partial charge in [-0.3, -0.25) is 14.4 Å². The topological polar surface area (TPSA) is 78.9 Å². The molecule has 0 aromatic carbocycles. The zero-order valence-corrected chi connectivity index (χ0v) is 22.4. The van der Waals surface area contributed by atoms with Crippen LogP contribution in [-0.2, 0) is 28.0 Å². The zero-order valence-electron chi connectivity index (χ0n) is 20.4. The number of ketones is 2. The predicted molar refractivity (Wildman–Crippen MR) is 121 cm³/mol. The lowest BCUT2D eigenvalue weighted by Crippen LogP contribution is -2.68. The van der Waals surface area contributed by atoms with Crippen LogP contribution in [0.5, 0.6) is 0 Å². The van der Waals surface area contributed by atoms with Gasteiger partial charge in [0.25, 0.3) is 0 Å². The lowest BCUT2D eigenvalue weighted by atomic mass is 9.46. The second kappa shape index (κ2) is 8.26. The lowest BCUT2D eigenvalue weighted by Gasteiger charge is -2.60. The van der Waals surface area contributed by atoms with Crippen molar-refractivity contribution in [2.45, 2.75) is 91.5 Å². The molecule has 0 saturated heterocycles. The maximum Gasteiger partial charge on any atom is 0.306 e. The molecular formula is C22H40O6Si2. The molecule has 2 aliphatic carbocycles. The minimum Gasteiger partial charge on any atom is -0.469 e. The summed E-state index contributed by atoms with van der Waals surface area (Å²) in [7, 11) is -2.83. The van der Waals surface area contributed by atoms with Crippen LogP contribution in [0.1, 0.15) is 40.0 Å². The summed E-state index contributed by atoms with van der Waals surface area (Å²) < 4.78 is 18.0. The lowest BCUT2D eigenvalue weighted by molar-refractivity contribution is -0.189. The predicted octanol–water partition coefficient (Wildman–Crippen LogP) is 4.20. The fourth-order valence-electron chi connectivity index (χ4n) is 5.52. The normalized spacial score (nSPS) is 34.5. The molecule has 5 unspecified atom stereocenters. The minimum absolute atomic E-state index is 0.0117. The maximum absolute atomic E-state index is 13.8. The van der Waals surface area contributed by atoms with Crippen molar-refractivity contribution in [3.63, 3.8) is 0 Å². The van der Waals surface area contributed by atoms with Gasteiger partial charge in [0.05, 0.1) is 19.6 Å². The first kappa shape index (κ1) is 25.4. The van der Waals surface area contributed by atoms with Crippen LogP contribution in [0.2, 0.25) is 39.3 Å². The van der Waals surface area contributed by atoms with E-state index < -0.39 is 51.6 Å². The van der Waals surface area contributed by atoms with Crippen molar-refractivity contribution in [2.75, 3.05) is 7.11 Å². The van der Waals surface area contributed by atoms with Gasteiger partial charge in [-0.2, -0.15) is 0 Å². The van der Waals surface area contributed by atoms with E-state index in [0.29, 0.717) is 12.8 Å². The number of rotatable bonds is 6. The van der Waals surface area contributed by atoms with Gasteiger partial charge in [0.15, 0.2) is 22.4 Å². The number of ether oxygens (including phenoxy) is 1. The van der Waals surface area contributed by atoms with Gasteiger partial charge >= 0.3 is 5.97 Å². The number of hydrogen-bond donors (Lipinski definition) is 0. The molecule has 6 nitrogen and oxygen atoms in total. The number of carbonyl (C=O) groups is 3. The molecule has 5 atom stereocenters. The van der Waals surface area contributed by atoms with Crippen molar-refractivity contribution in [2.24, 2.45) is 22.7 Å². The highest BCUT2D eigenvalue weighted by Gasteiger charge is 2.65. The Labute approximate surface area is 183 Å². The van der Waals surface area contributed by atoms with Gasteiger partial charge in [-0.15, -0.1) is 0 Å². The molecule has 8 heteroatoms. The van der Waals surface area contributed by atoms with E-state index in [-0.39, 0.29) is 23.9 Å². The standard InChI is InChI=1S/C22H40O6Si2/c1-21(2)15(23)11-12-22(3)14(13-16(24)26-4)17(25)18(27-29(5,6)7)19(20(21)22)28-30(8,9)10/h14,18-20H,11-13H2,1-10H3. The molecule has 0 aromatic heterocycles. The average Bonchev–Trinajstić information content (AvgIpc) is 2.56. The summed E-state index contributed by atoms with van der Waals surface area (Å²) in [6, 6.07) is 0. The van der Waals surface area contributed by atoms with E-state index >= 15 is 0 Å². The Kier molecular flexibility index (Phi) is 7.00. The Bertz CT molecular complexity index is 705. The van der Waals surface area contributed by atoms with E-state index in [9.17, 15) is 14.4 Å². The van der Waals surface area contributed by atoms with Crippen molar-refractivity contribution in [3.05, 3.63) is 0 Å². The van der Waals surface area contributed by atoms with Crippen LogP contribution in [0, 0.1) is 22.7 Å². The smallest absolute Gasteiger partial charge is 0.306 e. The van der Waals surface area contributed by atoms with E-state index in [1.165, 1.54) is 7.11 Å². The first-order chi connectivity index (χ1) is 13.4. The Balaban J connectivity index is 2.69. The van der Waals surface area contributed by atoms with E-state index in [4.69, 9.17) is 13.6 Å². The van der Waals surface area contributed by atoms with Crippen molar-refractivity contribution in [1.29, 1.82) is 0 Å². The Hall–Kier alpha value is -0.836. The van der Waals surface area contributed by atoms with Gasteiger partial charge in [0, 0.05) is 23.7 Å². The molecule has 2 aliphatic rings. The molecule has 30 heavy (non-hydrogen) atoms. The molecule has 0 heterocycles. The molecule has 0 aromatic rings. The van der Waals surface area contributed by atoms with Gasteiger partial charge in [-0.25, -0.2) is 0 Å². The Morgan fingerprint density at radius 1 is 1.00 bits per heavy atom. The first-order valence-corrected chi connectivity index (χ1v) is 17.7. The monoisotopic (exact) mass is 456 g/mol. The third kappa shape index (κ3) is 4.97. The van der Waals surface area contributed by atoms with Crippen LogP contribution in [0.3, 0.4) is 0 Å². The molecule has 0 radical (unpaired) electrons. The fourth-order valence-corrected chi connectivity index (χ4v) is 7.61. The van der Waals surface area contributed by atoms with Crippen LogP contribution < -0.4 is 0 Å². The number of esters is 1. The molecule has 0 bridgehead atoms. The third-order valence-corrected chi connectivity index (χ3v) is 8.65. The van der Waals surface area contributed by atoms with Gasteiger partial charge in [-0.1, -0.05) is 20.8 Å². The first-order valence-electron chi connectivity index (χ1n) is 10.9. The summed E-state index contributed by atoms with van der Waals surface area (Å²) in [6.45, 7) is 18.4. The quantitative estimate of drug-likeness (QED) is 0.440. The molecular weight excluding hydrogens is 416 g/mol. The van der Waals surface area contributed by atoms with Crippen LogP contribution in [-0.4, -0.2) is 53.5 Å². The zero-order chi connectivity index (χ0) is 23.3. The third-order valence-electron chi connectivity index (χ3n) is 6.71. The highest BCUT2D eigenvalue weighted by Crippen LogP contribution is 2.60. The van der Waals surface area contributed by atoms with Crippen molar-refractivity contribution in [3.8, 4) is 0 Å². The largest absolute Gasteiger partial charge is 0.469 e. The van der Waals surface area contributed by atoms with E-state index in [2.05, 4.69) is 26.6 Å². The molecule has 2 saturated carbocycles. The van der Waals surface area contributed by atoms with Crippen LogP contribution in [0.25, 0.3) is 0 Å². The summed E-state index contributed by atoms with van der Waals surface area (Å²) in [5.41, 5.74) is -1.21. The van der Waals surface area contributed by atoms with Gasteiger partial charge < -0.3 is 13.6 Å². The van der Waals surface area contributed by atoms with Crippen molar-refractivity contribution < 1.29 is 28.0 Å². The van der Waals surface area contributed by atoms with Gasteiger partial charge in [0.1, 0.15) is 11.9 Å². The highest BCUT2D eigenvalue weighted by molar-refractivity contribution is 6.70. The average molecular weight is 457 g/mol. The number of carbonyl (C=O) groups excluding carboxylic acids is 3. The van der Waals surface area contributed by atoms with Crippen molar-refractivity contribution >= 4 is 34.2 Å². The van der Waals surface area contributed by atoms with Crippen LogP contribution in [0.15, 0.2) is 0 Å². The summed E-state index contributed by atoms with van der Waals surface area (Å²) in [5, 5.41) is 0.